The van der Waals surface area contributed by atoms with Gasteiger partial charge >= 0.3 is 0 Å². The average molecular weight is 466 g/mol. The zero-order valence-electron chi connectivity index (χ0n) is 19.8. The van der Waals surface area contributed by atoms with Gasteiger partial charge in [0.1, 0.15) is 9.52 Å². The summed E-state index contributed by atoms with van der Waals surface area (Å²) in [5.41, 5.74) is 7.10. The minimum Gasteiger partial charge on any atom is -0.310 e. The zero-order chi connectivity index (χ0) is 23.9. The fraction of sp³-hybridized carbons (Fsp3) is 0.0303. The molecule has 0 spiro atoms. The van der Waals surface area contributed by atoms with Gasteiger partial charge in [-0.2, -0.15) is 0 Å². The Balaban J connectivity index is 1.33. The van der Waals surface area contributed by atoms with E-state index in [9.17, 15) is 0 Å². The molecule has 2 heteroatoms. The number of nitrogens with zero attached hydrogens (tertiary/aromatic N) is 1. The van der Waals surface area contributed by atoms with Crippen LogP contribution in [0.4, 0.5) is 17.1 Å². The molecule has 35 heavy (non-hydrogen) atoms. The van der Waals surface area contributed by atoms with Gasteiger partial charge in [0, 0.05) is 17.1 Å². The van der Waals surface area contributed by atoms with E-state index in [1.54, 1.807) is 0 Å². The lowest BCUT2D eigenvalue weighted by atomic mass is 10.1. The molecule has 0 aliphatic rings. The van der Waals surface area contributed by atoms with Crippen molar-refractivity contribution in [1.82, 2.24) is 0 Å². The topological polar surface area (TPSA) is 3.24 Å². The van der Waals surface area contributed by atoms with Crippen LogP contribution in [-0.4, -0.2) is 9.52 Å². The van der Waals surface area contributed by atoms with Gasteiger partial charge in [0.2, 0.25) is 0 Å². The van der Waals surface area contributed by atoms with Crippen molar-refractivity contribution in [1.29, 1.82) is 0 Å². The Morgan fingerprint density at radius 2 is 1.00 bits per heavy atom. The van der Waals surface area contributed by atoms with Crippen molar-refractivity contribution < 1.29 is 0 Å². The molecule has 0 aliphatic carbocycles. The highest BCUT2D eigenvalue weighted by Crippen LogP contribution is 2.34. The van der Waals surface area contributed by atoms with Gasteiger partial charge in [0.15, 0.2) is 0 Å². The quantitative estimate of drug-likeness (QED) is 0.180. The van der Waals surface area contributed by atoms with E-state index in [0.29, 0.717) is 9.52 Å². The first kappa shape index (κ1) is 22.6. The first-order valence-corrected chi connectivity index (χ1v) is 12.9. The molecule has 5 aromatic carbocycles. The molecule has 0 amide bonds. The molecule has 0 saturated heterocycles. The fourth-order valence-corrected chi connectivity index (χ4v) is 5.11. The molecular formula is C33H27NSi. The Morgan fingerprint density at radius 1 is 0.486 bits per heavy atom. The van der Waals surface area contributed by atoms with Crippen molar-refractivity contribution in [2.45, 2.75) is 6.92 Å². The fourth-order valence-electron chi connectivity index (χ4n) is 4.08. The van der Waals surface area contributed by atoms with Crippen LogP contribution in [0.3, 0.4) is 0 Å². The molecule has 0 aliphatic heterocycles. The third-order valence-electron chi connectivity index (χ3n) is 5.87. The number of hydrogen-bond acceptors (Lipinski definition) is 1. The first-order chi connectivity index (χ1) is 17.2. The molecule has 0 bridgehead atoms. The van der Waals surface area contributed by atoms with Crippen LogP contribution in [0.5, 0.6) is 0 Å². The van der Waals surface area contributed by atoms with Gasteiger partial charge in [-0.3, -0.25) is 0 Å². The maximum absolute atomic E-state index is 2.30. The Kier molecular flexibility index (Phi) is 7.02. The van der Waals surface area contributed by atoms with Gasteiger partial charge in [-0.1, -0.05) is 120 Å². The monoisotopic (exact) mass is 465 g/mol. The van der Waals surface area contributed by atoms with Gasteiger partial charge in [0.25, 0.3) is 0 Å². The van der Waals surface area contributed by atoms with E-state index in [2.05, 4.69) is 157 Å². The summed E-state index contributed by atoms with van der Waals surface area (Å²) in [5, 5.41) is 2.72. The number of rotatable bonds is 7. The second-order valence-electron chi connectivity index (χ2n) is 8.55. The SMILES string of the molecule is Cc1cccc(N(c2ccccc2)c2ccc(/C=C/c3ccc([Si]c4ccccc4)cc3)cc2)c1. The van der Waals surface area contributed by atoms with Crippen molar-refractivity contribution in [2.75, 3.05) is 4.90 Å². The maximum atomic E-state index is 2.30. The molecule has 0 fully saturated rings. The van der Waals surface area contributed by atoms with Crippen LogP contribution in [0.2, 0.25) is 0 Å². The average Bonchev–Trinajstić information content (AvgIpc) is 2.91. The van der Waals surface area contributed by atoms with Crippen LogP contribution in [0, 0.1) is 6.92 Å². The van der Waals surface area contributed by atoms with E-state index in [4.69, 9.17) is 0 Å². The number of aryl methyl sites for hydroxylation is 1. The molecule has 168 valence electrons. The van der Waals surface area contributed by atoms with Gasteiger partial charge < -0.3 is 4.90 Å². The Hall–Kier alpha value is -4.14. The molecule has 0 N–H and O–H groups in total. The number of anilines is 3. The number of para-hydroxylation sites is 1. The normalized spacial score (nSPS) is 11.0. The van der Waals surface area contributed by atoms with E-state index >= 15 is 0 Å². The van der Waals surface area contributed by atoms with E-state index < -0.39 is 0 Å². The molecule has 5 rings (SSSR count). The zero-order valence-corrected chi connectivity index (χ0v) is 20.8. The minimum absolute atomic E-state index is 0.690. The highest BCUT2D eigenvalue weighted by Gasteiger charge is 2.11. The van der Waals surface area contributed by atoms with Crippen LogP contribution in [0.25, 0.3) is 12.2 Å². The standard InChI is InChI=1S/C33H27NSi/c1-26-9-8-12-31(25-26)34(29-10-4-2-5-11-29)30-21-17-27(18-22-30)15-16-28-19-23-33(24-20-28)35-32-13-6-3-7-14-32/h2-25H,1H3/b16-15+. The van der Waals surface area contributed by atoms with Crippen molar-refractivity contribution in [2.24, 2.45) is 0 Å². The predicted octanol–water partition coefficient (Wildman–Crippen LogP) is 7.29. The highest BCUT2D eigenvalue weighted by atomic mass is 28.2. The van der Waals surface area contributed by atoms with Crippen molar-refractivity contribution >= 4 is 49.1 Å². The summed E-state index contributed by atoms with van der Waals surface area (Å²) in [6.45, 7) is 2.13. The third-order valence-corrected chi connectivity index (χ3v) is 7.11. The summed E-state index contributed by atoms with van der Waals surface area (Å²) in [7, 11) is 0.690. The predicted molar refractivity (Wildman–Crippen MR) is 153 cm³/mol. The first-order valence-electron chi connectivity index (χ1n) is 11.9. The Labute approximate surface area is 210 Å². The van der Waals surface area contributed by atoms with Gasteiger partial charge in [0.05, 0.1) is 0 Å². The molecule has 0 aromatic heterocycles. The van der Waals surface area contributed by atoms with Gasteiger partial charge in [-0.25, -0.2) is 0 Å². The summed E-state index contributed by atoms with van der Waals surface area (Å²) < 4.78 is 0. The van der Waals surface area contributed by atoms with Crippen LogP contribution in [-0.2, 0) is 0 Å². The number of hydrogen-bond donors (Lipinski definition) is 0. The molecule has 2 radical (unpaired) electrons. The summed E-state index contributed by atoms with van der Waals surface area (Å²) in [5.74, 6) is 0. The van der Waals surface area contributed by atoms with Crippen LogP contribution < -0.4 is 15.3 Å². The van der Waals surface area contributed by atoms with Crippen molar-refractivity contribution in [3.05, 3.63) is 150 Å². The second kappa shape index (κ2) is 10.9. The molecular weight excluding hydrogens is 438 g/mol. The van der Waals surface area contributed by atoms with Gasteiger partial charge in [-0.05, 0) is 60.0 Å². The van der Waals surface area contributed by atoms with Crippen LogP contribution in [0.15, 0.2) is 133 Å². The Morgan fingerprint density at radius 3 is 1.63 bits per heavy atom. The summed E-state index contributed by atoms with van der Waals surface area (Å²) >= 11 is 0. The number of benzene rings is 5. The summed E-state index contributed by atoms with van der Waals surface area (Å²) in [6.07, 6.45) is 4.36. The van der Waals surface area contributed by atoms with Crippen molar-refractivity contribution in [3.8, 4) is 0 Å². The molecule has 0 saturated carbocycles. The van der Waals surface area contributed by atoms with Gasteiger partial charge in [-0.15, -0.1) is 0 Å². The maximum Gasteiger partial charge on any atom is 0.121 e. The van der Waals surface area contributed by atoms with E-state index in [0.717, 1.165) is 17.1 Å². The van der Waals surface area contributed by atoms with Crippen LogP contribution >= 0.6 is 0 Å². The molecule has 5 aromatic rings. The highest BCUT2D eigenvalue weighted by molar-refractivity contribution is 6.67. The lowest BCUT2D eigenvalue weighted by molar-refractivity contribution is 1.27. The van der Waals surface area contributed by atoms with Crippen molar-refractivity contribution in [3.63, 3.8) is 0 Å². The molecule has 0 unspecified atom stereocenters. The van der Waals surface area contributed by atoms with Crippen LogP contribution in [0.1, 0.15) is 16.7 Å². The van der Waals surface area contributed by atoms with E-state index in [1.165, 1.54) is 27.1 Å². The second-order valence-corrected chi connectivity index (χ2v) is 9.95. The minimum atomic E-state index is 0.690. The molecule has 1 nitrogen and oxygen atoms in total. The summed E-state index contributed by atoms with van der Waals surface area (Å²) in [6, 6.07) is 47.4. The Bertz CT molecular complexity index is 1390. The van der Waals surface area contributed by atoms with E-state index in [-0.39, 0.29) is 0 Å². The largest absolute Gasteiger partial charge is 0.310 e. The summed E-state index contributed by atoms with van der Waals surface area (Å²) in [4.78, 5) is 2.30. The molecule has 0 heterocycles. The lowest BCUT2D eigenvalue weighted by Gasteiger charge is -2.25. The van der Waals surface area contributed by atoms with E-state index in [1.807, 2.05) is 0 Å². The smallest absolute Gasteiger partial charge is 0.121 e. The lowest BCUT2D eigenvalue weighted by Crippen LogP contribution is -2.26. The third kappa shape index (κ3) is 5.86. The molecule has 0 atom stereocenters.